The highest BCUT2D eigenvalue weighted by Gasteiger charge is 2.16. The van der Waals surface area contributed by atoms with Gasteiger partial charge < -0.3 is 5.73 Å². The summed E-state index contributed by atoms with van der Waals surface area (Å²) in [5.41, 5.74) is 9.65. The first-order valence-corrected chi connectivity index (χ1v) is 7.07. The number of hydrogen-bond acceptors (Lipinski definition) is 3. The molecule has 0 spiro atoms. The standard InChI is InChI=1S/C15H20N4/c1-2-14-17-7-8-19(14)15-12(10-16)9-11-5-3-4-6-13(11)18-15/h7-9H,2-6,10,16H2,1H3. The van der Waals surface area contributed by atoms with Crippen LogP contribution in [0.5, 0.6) is 0 Å². The Balaban J connectivity index is 2.14. The number of pyridine rings is 1. The number of rotatable bonds is 3. The third kappa shape index (κ3) is 2.16. The van der Waals surface area contributed by atoms with Crippen LogP contribution in [-0.4, -0.2) is 14.5 Å². The van der Waals surface area contributed by atoms with Crippen LogP contribution in [0.4, 0.5) is 0 Å². The second-order valence-electron chi connectivity index (χ2n) is 5.06. The number of hydrogen-bond donors (Lipinski definition) is 1. The first-order valence-electron chi connectivity index (χ1n) is 7.07. The maximum atomic E-state index is 5.91. The summed E-state index contributed by atoms with van der Waals surface area (Å²) in [7, 11) is 0. The lowest BCUT2D eigenvalue weighted by atomic mass is 9.94. The molecule has 1 aliphatic carbocycles. The van der Waals surface area contributed by atoms with Gasteiger partial charge in [0.1, 0.15) is 11.6 Å². The van der Waals surface area contributed by atoms with Gasteiger partial charge in [-0.05, 0) is 37.3 Å². The Morgan fingerprint density at radius 2 is 2.16 bits per heavy atom. The van der Waals surface area contributed by atoms with Crippen molar-refractivity contribution in [3.05, 3.63) is 41.1 Å². The molecule has 4 nitrogen and oxygen atoms in total. The maximum absolute atomic E-state index is 5.91. The van der Waals surface area contributed by atoms with E-state index in [0.29, 0.717) is 6.54 Å². The summed E-state index contributed by atoms with van der Waals surface area (Å²) in [6, 6.07) is 2.25. The van der Waals surface area contributed by atoms with Gasteiger partial charge in [0.05, 0.1) is 0 Å². The Hall–Kier alpha value is -1.68. The predicted molar refractivity (Wildman–Crippen MR) is 75.3 cm³/mol. The highest BCUT2D eigenvalue weighted by molar-refractivity contribution is 5.41. The number of imidazole rings is 1. The average molecular weight is 256 g/mol. The smallest absolute Gasteiger partial charge is 0.142 e. The third-order valence-electron chi connectivity index (χ3n) is 3.84. The predicted octanol–water partition coefficient (Wildman–Crippen LogP) is 2.17. The lowest BCUT2D eigenvalue weighted by Crippen LogP contribution is -2.14. The van der Waals surface area contributed by atoms with Gasteiger partial charge in [0.2, 0.25) is 0 Å². The molecule has 3 rings (SSSR count). The fraction of sp³-hybridized carbons (Fsp3) is 0.467. The molecule has 2 aromatic heterocycles. The van der Waals surface area contributed by atoms with E-state index in [-0.39, 0.29) is 0 Å². The van der Waals surface area contributed by atoms with Crippen LogP contribution in [0, 0.1) is 0 Å². The molecule has 0 amide bonds. The van der Waals surface area contributed by atoms with Gasteiger partial charge in [-0.2, -0.15) is 0 Å². The minimum atomic E-state index is 0.525. The summed E-state index contributed by atoms with van der Waals surface area (Å²) in [6.45, 7) is 2.64. The van der Waals surface area contributed by atoms with Gasteiger partial charge >= 0.3 is 0 Å². The molecule has 0 aromatic carbocycles. The van der Waals surface area contributed by atoms with Crippen LogP contribution < -0.4 is 5.73 Å². The summed E-state index contributed by atoms with van der Waals surface area (Å²) in [5.74, 6) is 2.01. The van der Waals surface area contributed by atoms with Crippen LogP contribution in [-0.2, 0) is 25.8 Å². The van der Waals surface area contributed by atoms with E-state index in [1.165, 1.54) is 24.1 Å². The molecule has 0 bridgehead atoms. The molecule has 4 heteroatoms. The maximum Gasteiger partial charge on any atom is 0.142 e. The fourth-order valence-electron chi connectivity index (χ4n) is 2.82. The number of nitrogens with two attached hydrogens (primary N) is 1. The molecule has 0 radical (unpaired) electrons. The van der Waals surface area contributed by atoms with E-state index in [9.17, 15) is 0 Å². The first kappa shape index (κ1) is 12.4. The number of nitrogens with zero attached hydrogens (tertiary/aromatic N) is 3. The second-order valence-corrected chi connectivity index (χ2v) is 5.06. The normalized spacial score (nSPS) is 14.4. The van der Waals surface area contributed by atoms with Crippen molar-refractivity contribution in [3.63, 3.8) is 0 Å². The Bertz CT molecular complexity index is 586. The molecular weight excluding hydrogens is 236 g/mol. The van der Waals surface area contributed by atoms with Crippen molar-refractivity contribution in [1.82, 2.24) is 14.5 Å². The molecule has 100 valence electrons. The monoisotopic (exact) mass is 256 g/mol. The lowest BCUT2D eigenvalue weighted by molar-refractivity contribution is 0.660. The minimum absolute atomic E-state index is 0.525. The molecule has 0 aliphatic heterocycles. The molecular formula is C15H20N4. The molecule has 0 saturated carbocycles. The molecule has 19 heavy (non-hydrogen) atoms. The zero-order chi connectivity index (χ0) is 13.2. The van der Waals surface area contributed by atoms with Gasteiger partial charge in [-0.15, -0.1) is 0 Å². The van der Waals surface area contributed by atoms with Crippen molar-refractivity contribution in [2.45, 2.75) is 45.6 Å². The van der Waals surface area contributed by atoms with E-state index in [1.54, 1.807) is 0 Å². The van der Waals surface area contributed by atoms with Crippen LogP contribution in [0.25, 0.3) is 5.82 Å². The number of aryl methyl sites for hydroxylation is 3. The SMILES string of the molecule is CCc1nccn1-c1nc2c(cc1CN)CCCC2. The van der Waals surface area contributed by atoms with Crippen molar-refractivity contribution in [2.24, 2.45) is 5.73 Å². The fourth-order valence-corrected chi connectivity index (χ4v) is 2.82. The average Bonchev–Trinajstić information content (AvgIpc) is 2.94. The molecule has 2 aromatic rings. The number of fused-ring (bicyclic) bond motifs is 1. The lowest BCUT2D eigenvalue weighted by Gasteiger charge is -2.19. The van der Waals surface area contributed by atoms with Crippen LogP contribution >= 0.6 is 0 Å². The summed E-state index contributed by atoms with van der Waals surface area (Å²) >= 11 is 0. The molecule has 0 atom stereocenters. The Morgan fingerprint density at radius 1 is 1.32 bits per heavy atom. The second kappa shape index (κ2) is 5.13. The summed E-state index contributed by atoms with van der Waals surface area (Å²) < 4.78 is 2.08. The molecule has 0 saturated heterocycles. The summed E-state index contributed by atoms with van der Waals surface area (Å²) in [6.07, 6.45) is 9.45. The first-order chi connectivity index (χ1) is 9.33. The highest BCUT2D eigenvalue weighted by atomic mass is 15.1. The van der Waals surface area contributed by atoms with Crippen molar-refractivity contribution >= 4 is 0 Å². The van der Waals surface area contributed by atoms with Crippen molar-refractivity contribution in [3.8, 4) is 5.82 Å². The minimum Gasteiger partial charge on any atom is -0.326 e. The van der Waals surface area contributed by atoms with Crippen LogP contribution in [0.2, 0.25) is 0 Å². The van der Waals surface area contributed by atoms with E-state index < -0.39 is 0 Å². The van der Waals surface area contributed by atoms with Gasteiger partial charge in [0, 0.05) is 36.6 Å². The van der Waals surface area contributed by atoms with E-state index in [4.69, 9.17) is 10.7 Å². The van der Waals surface area contributed by atoms with Crippen molar-refractivity contribution < 1.29 is 0 Å². The molecule has 2 heterocycles. The van der Waals surface area contributed by atoms with Crippen molar-refractivity contribution in [1.29, 1.82) is 0 Å². The van der Waals surface area contributed by atoms with Gasteiger partial charge in [0.25, 0.3) is 0 Å². The Kier molecular flexibility index (Phi) is 3.34. The molecule has 2 N–H and O–H groups in total. The zero-order valence-corrected chi connectivity index (χ0v) is 11.4. The third-order valence-corrected chi connectivity index (χ3v) is 3.84. The van der Waals surface area contributed by atoms with Gasteiger partial charge in [0.15, 0.2) is 0 Å². The van der Waals surface area contributed by atoms with Crippen molar-refractivity contribution in [2.75, 3.05) is 0 Å². The summed E-state index contributed by atoms with van der Waals surface area (Å²) in [5, 5.41) is 0. The van der Waals surface area contributed by atoms with E-state index in [0.717, 1.165) is 36.5 Å². The van der Waals surface area contributed by atoms with E-state index >= 15 is 0 Å². The quantitative estimate of drug-likeness (QED) is 0.915. The largest absolute Gasteiger partial charge is 0.326 e. The van der Waals surface area contributed by atoms with Gasteiger partial charge in [-0.1, -0.05) is 6.92 Å². The Morgan fingerprint density at radius 3 is 2.95 bits per heavy atom. The highest BCUT2D eigenvalue weighted by Crippen LogP contribution is 2.24. The number of aromatic nitrogens is 3. The molecule has 0 fully saturated rings. The van der Waals surface area contributed by atoms with Crippen LogP contribution in [0.15, 0.2) is 18.5 Å². The van der Waals surface area contributed by atoms with E-state index in [2.05, 4.69) is 22.5 Å². The topological polar surface area (TPSA) is 56.7 Å². The summed E-state index contributed by atoms with van der Waals surface area (Å²) in [4.78, 5) is 9.26. The van der Waals surface area contributed by atoms with Crippen LogP contribution in [0.3, 0.4) is 0 Å². The Labute approximate surface area is 113 Å². The van der Waals surface area contributed by atoms with Crippen LogP contribution in [0.1, 0.15) is 42.4 Å². The zero-order valence-electron chi connectivity index (χ0n) is 11.4. The van der Waals surface area contributed by atoms with E-state index in [1.807, 2.05) is 12.4 Å². The molecule has 0 unspecified atom stereocenters. The molecule has 1 aliphatic rings. The van der Waals surface area contributed by atoms with Gasteiger partial charge in [-0.3, -0.25) is 4.57 Å². The van der Waals surface area contributed by atoms with Gasteiger partial charge in [-0.25, -0.2) is 9.97 Å².